The van der Waals surface area contributed by atoms with Crippen molar-refractivity contribution in [3.8, 4) is 0 Å². The zero-order valence-corrected chi connectivity index (χ0v) is 14.4. The van der Waals surface area contributed by atoms with E-state index in [9.17, 15) is 5.11 Å². The molecular formula is C15H30N2O6. The van der Waals surface area contributed by atoms with E-state index in [4.69, 9.17) is 24.6 Å². The average Bonchev–Trinajstić information content (AvgIpc) is 2.46. The van der Waals surface area contributed by atoms with Crippen molar-refractivity contribution in [2.75, 3.05) is 13.2 Å². The Balaban J connectivity index is 0. The number of aliphatic hydroxyl groups is 1. The van der Waals surface area contributed by atoms with Gasteiger partial charge in [0.05, 0.1) is 5.71 Å². The first-order valence-corrected chi connectivity index (χ1v) is 7.79. The second-order valence-electron chi connectivity index (χ2n) is 5.28. The molecule has 0 amide bonds. The molecule has 0 spiro atoms. The van der Waals surface area contributed by atoms with Gasteiger partial charge in [-0.3, -0.25) is 0 Å². The number of oxime groups is 1. The van der Waals surface area contributed by atoms with Gasteiger partial charge in [0.2, 0.25) is 0 Å². The first-order chi connectivity index (χ1) is 10.7. The highest BCUT2D eigenvalue weighted by Crippen LogP contribution is 2.01. The summed E-state index contributed by atoms with van der Waals surface area (Å²) in [6.07, 6.45) is 3.63. The lowest BCUT2D eigenvalue weighted by Gasteiger charge is -2.13. The summed E-state index contributed by atoms with van der Waals surface area (Å²) in [5.41, 5.74) is 1.10. The van der Waals surface area contributed by atoms with Crippen molar-refractivity contribution in [1.82, 2.24) is 5.32 Å². The molecule has 0 aromatic rings. The summed E-state index contributed by atoms with van der Waals surface area (Å²) in [4.78, 5) is 23.4. The number of hydrogen-bond acceptors (Lipinski definition) is 6. The van der Waals surface area contributed by atoms with Gasteiger partial charge in [-0.2, -0.15) is 0 Å². The number of carboxylic acids is 2. The van der Waals surface area contributed by atoms with Crippen LogP contribution in [0, 0.1) is 0 Å². The molecular weight excluding hydrogens is 304 g/mol. The number of nitrogens with zero attached hydrogens (tertiary/aromatic N) is 1. The Kier molecular flexibility index (Phi) is 15.6. The van der Waals surface area contributed by atoms with Crippen LogP contribution in [0.2, 0.25) is 0 Å². The molecule has 0 aromatic carbocycles. The molecule has 0 fully saturated rings. The quantitative estimate of drug-likeness (QED) is 0.270. The molecule has 0 saturated heterocycles. The number of nitrogens with one attached hydrogen (secondary N) is 1. The zero-order valence-electron chi connectivity index (χ0n) is 14.4. The minimum absolute atomic E-state index is 0.261. The monoisotopic (exact) mass is 334 g/mol. The summed E-state index contributed by atoms with van der Waals surface area (Å²) >= 11 is 0. The predicted octanol–water partition coefficient (Wildman–Crippen LogP) is 1.47. The van der Waals surface area contributed by atoms with Crippen molar-refractivity contribution in [2.24, 2.45) is 5.16 Å². The molecule has 8 heteroatoms. The first-order valence-electron chi connectivity index (χ1n) is 7.79. The molecule has 0 heterocycles. The smallest absolute Gasteiger partial charge is 0.414 e. The standard InChI is InChI=1S/C13H28N2O2.C2H2O4/c1-5-7-12(8-6-2)15-17-10-13(16)9-14-11(3)4;3-1(4)2(5)6/h11,13-14,16H,5-10H2,1-4H3;(H,3,4)(H,5,6). The number of aliphatic carboxylic acids is 2. The molecule has 0 rings (SSSR count). The van der Waals surface area contributed by atoms with Crippen LogP contribution >= 0.6 is 0 Å². The fourth-order valence-electron chi connectivity index (χ4n) is 1.44. The van der Waals surface area contributed by atoms with E-state index in [1.807, 2.05) is 13.8 Å². The maximum atomic E-state index is 9.61. The van der Waals surface area contributed by atoms with Gasteiger partial charge in [0, 0.05) is 12.6 Å². The number of hydrogen-bond donors (Lipinski definition) is 4. The molecule has 0 aromatic heterocycles. The molecule has 0 aliphatic carbocycles. The van der Waals surface area contributed by atoms with E-state index in [0.717, 1.165) is 31.4 Å². The van der Waals surface area contributed by atoms with E-state index >= 15 is 0 Å². The molecule has 0 radical (unpaired) electrons. The summed E-state index contributed by atoms with van der Waals surface area (Å²) in [7, 11) is 0. The summed E-state index contributed by atoms with van der Waals surface area (Å²) in [5.74, 6) is -3.65. The van der Waals surface area contributed by atoms with Crippen LogP contribution in [0.1, 0.15) is 53.4 Å². The second kappa shape index (κ2) is 15.2. The Morgan fingerprint density at radius 3 is 1.91 bits per heavy atom. The maximum Gasteiger partial charge on any atom is 0.414 e. The van der Waals surface area contributed by atoms with E-state index in [1.165, 1.54) is 0 Å². The van der Waals surface area contributed by atoms with Gasteiger partial charge in [-0.15, -0.1) is 0 Å². The van der Waals surface area contributed by atoms with Gasteiger partial charge in [-0.05, 0) is 12.8 Å². The van der Waals surface area contributed by atoms with Crippen LogP contribution in [0.4, 0.5) is 0 Å². The van der Waals surface area contributed by atoms with Gasteiger partial charge in [0.1, 0.15) is 12.7 Å². The third kappa shape index (κ3) is 18.3. The topological polar surface area (TPSA) is 128 Å². The predicted molar refractivity (Wildman–Crippen MR) is 87.6 cm³/mol. The van der Waals surface area contributed by atoms with Crippen molar-refractivity contribution in [1.29, 1.82) is 0 Å². The molecule has 4 N–H and O–H groups in total. The van der Waals surface area contributed by atoms with Crippen LogP contribution in [0.3, 0.4) is 0 Å². The lowest BCUT2D eigenvalue weighted by atomic mass is 10.1. The van der Waals surface area contributed by atoms with Gasteiger partial charge in [0.25, 0.3) is 0 Å². The fourth-order valence-corrected chi connectivity index (χ4v) is 1.44. The van der Waals surface area contributed by atoms with Crippen LogP contribution in [0.5, 0.6) is 0 Å². The van der Waals surface area contributed by atoms with E-state index in [0.29, 0.717) is 12.6 Å². The van der Waals surface area contributed by atoms with Gasteiger partial charge < -0.3 is 25.5 Å². The van der Waals surface area contributed by atoms with E-state index < -0.39 is 18.0 Å². The van der Waals surface area contributed by atoms with E-state index in [2.05, 4.69) is 24.3 Å². The molecule has 0 bridgehead atoms. The Labute approximate surface area is 137 Å². The summed E-state index contributed by atoms with van der Waals surface area (Å²) < 4.78 is 0. The van der Waals surface area contributed by atoms with Gasteiger partial charge in [0.15, 0.2) is 0 Å². The van der Waals surface area contributed by atoms with Gasteiger partial charge in [-0.1, -0.05) is 45.7 Å². The summed E-state index contributed by atoms with van der Waals surface area (Å²) in [5, 5.41) is 31.7. The maximum absolute atomic E-state index is 9.61. The Bertz CT molecular complexity index is 338. The van der Waals surface area contributed by atoms with Crippen LogP contribution in [-0.4, -0.2) is 58.3 Å². The van der Waals surface area contributed by atoms with E-state index in [1.54, 1.807) is 0 Å². The zero-order chi connectivity index (χ0) is 18.3. The molecule has 0 aliphatic heterocycles. The first kappa shape index (κ1) is 23.6. The molecule has 1 unspecified atom stereocenters. The number of carboxylic acid groups (broad SMARTS) is 2. The summed E-state index contributed by atoms with van der Waals surface area (Å²) in [6.45, 7) is 9.17. The molecule has 23 heavy (non-hydrogen) atoms. The highest BCUT2D eigenvalue weighted by atomic mass is 16.6. The van der Waals surface area contributed by atoms with Crippen molar-refractivity contribution >= 4 is 17.7 Å². The minimum Gasteiger partial charge on any atom is -0.473 e. The van der Waals surface area contributed by atoms with Crippen LogP contribution < -0.4 is 5.32 Å². The van der Waals surface area contributed by atoms with Crippen LogP contribution in [-0.2, 0) is 14.4 Å². The van der Waals surface area contributed by atoms with E-state index in [-0.39, 0.29) is 6.61 Å². The van der Waals surface area contributed by atoms with Gasteiger partial charge >= 0.3 is 11.9 Å². The van der Waals surface area contributed by atoms with Gasteiger partial charge in [-0.25, -0.2) is 9.59 Å². The minimum atomic E-state index is -1.82. The highest BCUT2D eigenvalue weighted by Gasteiger charge is 2.06. The molecule has 0 aliphatic rings. The number of rotatable bonds is 10. The normalized spacial score (nSPS) is 11.2. The second-order valence-corrected chi connectivity index (χ2v) is 5.28. The highest BCUT2D eigenvalue weighted by molar-refractivity contribution is 6.27. The third-order valence-electron chi connectivity index (χ3n) is 2.48. The molecule has 0 saturated carbocycles. The lowest BCUT2D eigenvalue weighted by molar-refractivity contribution is -0.159. The number of aliphatic hydroxyl groups excluding tert-OH is 1. The molecule has 136 valence electrons. The summed E-state index contributed by atoms with van der Waals surface area (Å²) in [6, 6.07) is 0.379. The average molecular weight is 334 g/mol. The van der Waals surface area contributed by atoms with Crippen molar-refractivity contribution < 1.29 is 29.7 Å². The Hall–Kier alpha value is -1.67. The molecule has 1 atom stereocenters. The van der Waals surface area contributed by atoms with Crippen molar-refractivity contribution in [2.45, 2.75) is 65.5 Å². The molecule has 8 nitrogen and oxygen atoms in total. The fraction of sp³-hybridized carbons (Fsp3) is 0.800. The Morgan fingerprint density at radius 2 is 1.57 bits per heavy atom. The Morgan fingerprint density at radius 1 is 1.09 bits per heavy atom. The van der Waals surface area contributed by atoms with Crippen molar-refractivity contribution in [3.63, 3.8) is 0 Å². The third-order valence-corrected chi connectivity index (χ3v) is 2.48. The largest absolute Gasteiger partial charge is 0.473 e. The SMILES string of the molecule is CCCC(CCC)=NOCC(O)CNC(C)C.O=C(O)C(=O)O. The van der Waals surface area contributed by atoms with Crippen LogP contribution in [0.25, 0.3) is 0 Å². The van der Waals surface area contributed by atoms with Crippen LogP contribution in [0.15, 0.2) is 5.16 Å². The lowest BCUT2D eigenvalue weighted by Crippen LogP contribution is -2.34. The number of carbonyl (C=O) groups is 2. The van der Waals surface area contributed by atoms with Crippen molar-refractivity contribution in [3.05, 3.63) is 0 Å².